The van der Waals surface area contributed by atoms with E-state index in [-0.39, 0.29) is 23.8 Å². The zero-order chi connectivity index (χ0) is 32.4. The highest BCUT2D eigenvalue weighted by molar-refractivity contribution is 5.87. The van der Waals surface area contributed by atoms with E-state index in [2.05, 4.69) is 18.9 Å². The zero-order valence-electron chi connectivity index (χ0n) is 25.9. The second-order valence-electron chi connectivity index (χ2n) is 11.3. The summed E-state index contributed by atoms with van der Waals surface area (Å²) < 4.78 is 13.1. The molecular weight excluding hydrogens is 580 g/mol. The van der Waals surface area contributed by atoms with Gasteiger partial charge in [0.25, 0.3) is 11.2 Å². The number of aryl methyl sites for hydroxylation is 1. The first-order valence-corrected chi connectivity index (χ1v) is 14.9. The number of rotatable bonds is 9. The van der Waals surface area contributed by atoms with Crippen molar-refractivity contribution < 1.29 is 14.4 Å². The molecule has 46 heavy (non-hydrogen) atoms. The number of hydrogen-bond acceptors (Lipinski definition) is 7. The van der Waals surface area contributed by atoms with Crippen LogP contribution in [-0.4, -0.2) is 27.9 Å². The number of methoxy groups -OCH3 is 1. The van der Waals surface area contributed by atoms with E-state index >= 15 is 0 Å². The Kier molecular flexibility index (Phi) is 8.31. The average molecular weight is 613 g/mol. The van der Waals surface area contributed by atoms with Gasteiger partial charge < -0.3 is 9.47 Å². The van der Waals surface area contributed by atoms with Gasteiger partial charge in [-0.2, -0.15) is 9.78 Å². The van der Waals surface area contributed by atoms with Gasteiger partial charge in [-0.15, -0.1) is 0 Å². The third kappa shape index (κ3) is 5.82. The summed E-state index contributed by atoms with van der Waals surface area (Å²) in [6.45, 7) is 6.29. The van der Waals surface area contributed by atoms with Gasteiger partial charge in [-0.3, -0.25) is 14.9 Å². The zero-order valence-corrected chi connectivity index (χ0v) is 25.9. The standard InChI is InChI=1S/C37H32N4O5/c1-23(2)31-20-32(24(3)18-35(31)45-4)36-39-33-15-8-7-14-30(33)37(42)40(36)38-21-27-19-28(41(43)44)16-17-34(27)46-22-26-12-9-11-25-10-5-6-13-29(25)26/h5-21,23H,22H2,1-4H3. The van der Waals surface area contributed by atoms with E-state index in [0.717, 1.165) is 38.8 Å². The molecule has 0 saturated carbocycles. The molecule has 9 heteroatoms. The molecule has 5 aromatic carbocycles. The van der Waals surface area contributed by atoms with Gasteiger partial charge in [0.1, 0.15) is 18.1 Å². The van der Waals surface area contributed by atoms with E-state index in [1.165, 1.54) is 23.0 Å². The van der Waals surface area contributed by atoms with Crippen molar-refractivity contribution in [2.75, 3.05) is 7.11 Å². The van der Waals surface area contributed by atoms with Crippen LogP contribution in [0.25, 0.3) is 33.1 Å². The molecule has 0 spiro atoms. The summed E-state index contributed by atoms with van der Waals surface area (Å²) in [6, 6.07) is 29.3. The Morgan fingerprint density at radius 2 is 1.67 bits per heavy atom. The maximum atomic E-state index is 13.9. The van der Waals surface area contributed by atoms with Crippen LogP contribution in [0.1, 0.15) is 42.0 Å². The minimum Gasteiger partial charge on any atom is -0.496 e. The number of nitrogens with zero attached hydrogens (tertiary/aromatic N) is 4. The maximum Gasteiger partial charge on any atom is 0.282 e. The lowest BCUT2D eigenvalue weighted by atomic mass is 9.96. The van der Waals surface area contributed by atoms with Crippen molar-refractivity contribution in [3.8, 4) is 22.9 Å². The Hall–Kier alpha value is -5.83. The van der Waals surface area contributed by atoms with Crippen molar-refractivity contribution in [3.05, 3.63) is 140 Å². The molecule has 1 heterocycles. The number of benzene rings is 5. The first-order valence-electron chi connectivity index (χ1n) is 14.9. The van der Waals surface area contributed by atoms with Crippen molar-refractivity contribution in [3.63, 3.8) is 0 Å². The fourth-order valence-electron chi connectivity index (χ4n) is 5.55. The van der Waals surface area contributed by atoms with Crippen LogP contribution < -0.4 is 15.0 Å². The van der Waals surface area contributed by atoms with Crippen molar-refractivity contribution in [2.24, 2.45) is 5.10 Å². The second-order valence-corrected chi connectivity index (χ2v) is 11.3. The lowest BCUT2D eigenvalue weighted by Gasteiger charge is -2.17. The van der Waals surface area contributed by atoms with Gasteiger partial charge in [-0.25, -0.2) is 4.98 Å². The molecule has 0 bridgehead atoms. The highest BCUT2D eigenvalue weighted by atomic mass is 16.6. The molecule has 0 aliphatic carbocycles. The lowest BCUT2D eigenvalue weighted by Crippen LogP contribution is -2.21. The first kappa shape index (κ1) is 30.2. The molecule has 0 radical (unpaired) electrons. The summed E-state index contributed by atoms with van der Waals surface area (Å²) >= 11 is 0. The fraction of sp³-hybridized carbons (Fsp3) is 0.162. The number of nitro benzene ring substituents is 1. The van der Waals surface area contributed by atoms with Crippen LogP contribution >= 0.6 is 0 Å². The molecule has 0 fully saturated rings. The molecule has 6 aromatic rings. The molecular formula is C37H32N4O5. The quantitative estimate of drug-likeness (QED) is 0.0929. The summed E-state index contributed by atoms with van der Waals surface area (Å²) in [4.78, 5) is 30.1. The number of fused-ring (bicyclic) bond motifs is 2. The number of nitro groups is 1. The van der Waals surface area contributed by atoms with Crippen LogP contribution in [0.15, 0.2) is 107 Å². The molecule has 0 unspecified atom stereocenters. The third-order valence-electron chi connectivity index (χ3n) is 7.97. The lowest BCUT2D eigenvalue weighted by molar-refractivity contribution is -0.384. The summed E-state index contributed by atoms with van der Waals surface area (Å²) in [5, 5.41) is 18.9. The van der Waals surface area contributed by atoms with Gasteiger partial charge in [-0.1, -0.05) is 68.4 Å². The molecule has 0 aliphatic heterocycles. The molecule has 230 valence electrons. The summed E-state index contributed by atoms with van der Waals surface area (Å²) in [6.07, 6.45) is 1.41. The van der Waals surface area contributed by atoms with Gasteiger partial charge >= 0.3 is 0 Å². The Morgan fingerprint density at radius 3 is 2.43 bits per heavy atom. The molecule has 1 aromatic heterocycles. The van der Waals surface area contributed by atoms with Crippen LogP contribution in [-0.2, 0) is 6.61 Å². The fourth-order valence-corrected chi connectivity index (χ4v) is 5.55. The Labute approximate surface area is 265 Å². The topological polar surface area (TPSA) is 109 Å². The predicted octanol–water partition coefficient (Wildman–Crippen LogP) is 8.03. The largest absolute Gasteiger partial charge is 0.496 e. The molecule has 0 saturated heterocycles. The minimum absolute atomic E-state index is 0.129. The number of para-hydroxylation sites is 1. The summed E-state index contributed by atoms with van der Waals surface area (Å²) in [5.74, 6) is 1.61. The highest BCUT2D eigenvalue weighted by Crippen LogP contribution is 2.34. The smallest absolute Gasteiger partial charge is 0.282 e. The Bertz CT molecular complexity index is 2200. The Morgan fingerprint density at radius 1 is 0.935 bits per heavy atom. The van der Waals surface area contributed by atoms with Gasteiger partial charge in [0.05, 0.1) is 29.2 Å². The minimum atomic E-state index is -0.477. The monoisotopic (exact) mass is 612 g/mol. The van der Waals surface area contributed by atoms with Crippen molar-refractivity contribution in [1.82, 2.24) is 9.66 Å². The van der Waals surface area contributed by atoms with Crippen LogP contribution in [0, 0.1) is 17.0 Å². The van der Waals surface area contributed by atoms with Crippen LogP contribution in [0.5, 0.6) is 11.5 Å². The second kappa shape index (κ2) is 12.6. The molecule has 0 amide bonds. The number of aromatic nitrogens is 2. The molecule has 0 aliphatic rings. The van der Waals surface area contributed by atoms with Crippen LogP contribution in [0.4, 0.5) is 5.69 Å². The average Bonchev–Trinajstić information content (AvgIpc) is 3.06. The van der Waals surface area contributed by atoms with E-state index < -0.39 is 4.92 Å². The van der Waals surface area contributed by atoms with Gasteiger partial charge in [0, 0.05) is 23.3 Å². The Balaban J connectivity index is 1.48. The predicted molar refractivity (Wildman–Crippen MR) is 181 cm³/mol. The molecule has 0 atom stereocenters. The number of ether oxygens (including phenoxy) is 2. The first-order chi connectivity index (χ1) is 22.2. The highest BCUT2D eigenvalue weighted by Gasteiger charge is 2.19. The van der Waals surface area contributed by atoms with E-state index in [1.54, 1.807) is 31.4 Å². The van der Waals surface area contributed by atoms with Crippen molar-refractivity contribution in [2.45, 2.75) is 33.3 Å². The molecule has 6 rings (SSSR count). The third-order valence-corrected chi connectivity index (χ3v) is 7.97. The van der Waals surface area contributed by atoms with E-state index in [4.69, 9.17) is 14.5 Å². The number of hydrogen-bond donors (Lipinski definition) is 0. The van der Waals surface area contributed by atoms with E-state index in [9.17, 15) is 14.9 Å². The van der Waals surface area contributed by atoms with E-state index in [0.29, 0.717) is 28.0 Å². The van der Waals surface area contributed by atoms with Gasteiger partial charge in [0.2, 0.25) is 0 Å². The molecule has 9 nitrogen and oxygen atoms in total. The summed E-state index contributed by atoms with van der Waals surface area (Å²) in [5.41, 5.74) is 3.87. The van der Waals surface area contributed by atoms with Crippen molar-refractivity contribution in [1.29, 1.82) is 0 Å². The van der Waals surface area contributed by atoms with Crippen LogP contribution in [0.3, 0.4) is 0 Å². The van der Waals surface area contributed by atoms with E-state index in [1.807, 2.05) is 67.6 Å². The van der Waals surface area contributed by atoms with Crippen LogP contribution in [0.2, 0.25) is 0 Å². The number of non-ortho nitro benzene ring substituents is 1. The summed E-state index contributed by atoms with van der Waals surface area (Å²) in [7, 11) is 1.63. The maximum absolute atomic E-state index is 13.9. The van der Waals surface area contributed by atoms with Crippen molar-refractivity contribution >= 4 is 33.6 Å². The van der Waals surface area contributed by atoms with Gasteiger partial charge in [-0.05, 0) is 70.6 Å². The molecule has 0 N–H and O–H groups in total. The SMILES string of the molecule is COc1cc(C)c(-c2nc3ccccc3c(=O)n2N=Cc2cc([N+](=O)[O-])ccc2OCc2cccc3ccccc23)cc1C(C)C. The van der Waals surface area contributed by atoms with Gasteiger partial charge in [0.15, 0.2) is 5.82 Å². The normalized spacial score (nSPS) is 11.5.